The predicted molar refractivity (Wildman–Crippen MR) is 93.4 cm³/mol. The van der Waals surface area contributed by atoms with E-state index < -0.39 is 8.07 Å². The highest BCUT2D eigenvalue weighted by atomic mass is 28.3. The molecular weight excluding hydrogens is 272 g/mol. The van der Waals surface area contributed by atoms with Crippen molar-refractivity contribution in [3.8, 4) is 0 Å². The van der Waals surface area contributed by atoms with Gasteiger partial charge in [-0.2, -0.15) is 0 Å². The van der Waals surface area contributed by atoms with E-state index in [1.54, 1.807) is 0 Å². The fraction of sp³-hybridized carbons (Fsp3) is 0.222. The van der Waals surface area contributed by atoms with Gasteiger partial charge < -0.3 is 0 Å². The molecule has 0 nitrogen and oxygen atoms in total. The van der Waals surface area contributed by atoms with Crippen molar-refractivity contribution in [3.63, 3.8) is 0 Å². The van der Waals surface area contributed by atoms with E-state index >= 15 is 0 Å². The van der Waals surface area contributed by atoms with Crippen LogP contribution in [0, 0.1) is 6.92 Å². The van der Waals surface area contributed by atoms with Crippen molar-refractivity contribution in [3.05, 3.63) is 70.9 Å². The average molecular weight is 294 g/mol. The molecule has 2 aromatic rings. The van der Waals surface area contributed by atoms with Crippen LogP contribution in [0.4, 0.5) is 0 Å². The standard InChI is InChI=1S/C18H21Si2/c1-14-9-11-15(12-10-14)17(13-19)16-7-5-6-8-18(16)20(2,3)4/h5-13H,1-4H3. The molecule has 2 aromatic carbocycles. The molecule has 0 saturated heterocycles. The van der Waals surface area contributed by atoms with Crippen molar-refractivity contribution in [1.82, 2.24) is 0 Å². The molecular formula is C18H21Si2. The topological polar surface area (TPSA) is 0 Å². The molecule has 0 atom stereocenters. The van der Waals surface area contributed by atoms with Crippen molar-refractivity contribution in [2.45, 2.75) is 26.6 Å². The van der Waals surface area contributed by atoms with Crippen LogP contribution in [-0.4, -0.2) is 18.3 Å². The van der Waals surface area contributed by atoms with E-state index in [1.165, 1.54) is 27.5 Å². The lowest BCUT2D eigenvalue weighted by molar-refractivity contribution is 1.45. The third kappa shape index (κ3) is 3.19. The van der Waals surface area contributed by atoms with Crippen molar-refractivity contribution in [2.75, 3.05) is 0 Å². The Morgan fingerprint density at radius 2 is 1.55 bits per heavy atom. The van der Waals surface area contributed by atoms with Crippen molar-refractivity contribution < 1.29 is 0 Å². The van der Waals surface area contributed by atoms with Gasteiger partial charge in [0.2, 0.25) is 0 Å². The van der Waals surface area contributed by atoms with Gasteiger partial charge in [0.15, 0.2) is 0 Å². The molecule has 0 heterocycles. The summed E-state index contributed by atoms with van der Waals surface area (Å²) in [5.74, 6) is 0. The van der Waals surface area contributed by atoms with Crippen LogP contribution >= 0.6 is 0 Å². The number of rotatable bonds is 3. The van der Waals surface area contributed by atoms with Gasteiger partial charge in [0, 0.05) is 0 Å². The largest absolute Gasteiger partial charge is 0.0937 e. The minimum atomic E-state index is -1.36. The Labute approximate surface area is 127 Å². The lowest BCUT2D eigenvalue weighted by Crippen LogP contribution is -2.39. The summed E-state index contributed by atoms with van der Waals surface area (Å²) in [6, 6.07) is 17.5. The summed E-state index contributed by atoms with van der Waals surface area (Å²) in [6.45, 7) is 9.31. The van der Waals surface area contributed by atoms with Gasteiger partial charge in [-0.3, -0.25) is 0 Å². The van der Waals surface area contributed by atoms with E-state index in [2.05, 4.69) is 85.3 Å². The second-order valence-corrected chi connectivity index (χ2v) is 11.5. The monoisotopic (exact) mass is 293 g/mol. The number of aryl methyl sites for hydroxylation is 1. The molecule has 0 unspecified atom stereocenters. The summed E-state index contributed by atoms with van der Waals surface area (Å²) < 4.78 is 0. The Morgan fingerprint density at radius 1 is 0.950 bits per heavy atom. The van der Waals surface area contributed by atoms with Gasteiger partial charge in [0.1, 0.15) is 0 Å². The van der Waals surface area contributed by atoms with Crippen LogP contribution in [0.5, 0.6) is 0 Å². The zero-order chi connectivity index (χ0) is 14.8. The van der Waals surface area contributed by atoms with Gasteiger partial charge in [-0.15, -0.1) is 0 Å². The Hall–Kier alpha value is -1.39. The molecule has 2 heteroatoms. The molecule has 3 radical (unpaired) electrons. The maximum Gasteiger partial charge on any atom is 0.0784 e. The fourth-order valence-electron chi connectivity index (χ4n) is 2.42. The summed E-state index contributed by atoms with van der Waals surface area (Å²) in [5, 5.41) is 1.50. The van der Waals surface area contributed by atoms with Gasteiger partial charge in [-0.1, -0.05) is 84.6 Å². The first-order valence-electron chi connectivity index (χ1n) is 6.98. The second-order valence-electron chi connectivity index (χ2n) is 6.22. The van der Waals surface area contributed by atoms with Crippen LogP contribution in [0.25, 0.3) is 5.57 Å². The van der Waals surface area contributed by atoms with Crippen LogP contribution in [0.3, 0.4) is 0 Å². The normalized spacial score (nSPS) is 12.6. The Morgan fingerprint density at radius 3 is 2.10 bits per heavy atom. The highest BCUT2D eigenvalue weighted by Gasteiger charge is 2.21. The molecule has 0 N–H and O–H groups in total. The zero-order valence-corrected chi connectivity index (χ0v) is 14.7. The van der Waals surface area contributed by atoms with Crippen LogP contribution < -0.4 is 5.19 Å². The molecule has 0 aliphatic carbocycles. The SMILES string of the molecule is Cc1ccc(C(=C[Si])c2ccccc2[Si](C)(C)C)cc1. The molecule has 0 aromatic heterocycles. The maximum atomic E-state index is 3.61. The lowest BCUT2D eigenvalue weighted by Gasteiger charge is -2.22. The smallest absolute Gasteiger partial charge is 0.0784 e. The zero-order valence-electron chi connectivity index (χ0n) is 12.7. The number of hydrogen-bond acceptors (Lipinski definition) is 0. The fourth-order valence-corrected chi connectivity index (χ4v) is 4.37. The van der Waals surface area contributed by atoms with Gasteiger partial charge in [0.25, 0.3) is 0 Å². The van der Waals surface area contributed by atoms with Gasteiger partial charge >= 0.3 is 0 Å². The molecule has 0 aliphatic heterocycles. The molecule has 101 valence electrons. The Kier molecular flexibility index (Phi) is 4.46. The van der Waals surface area contributed by atoms with Crippen molar-refractivity contribution >= 4 is 29.1 Å². The first-order valence-corrected chi connectivity index (χ1v) is 11.1. The highest BCUT2D eigenvalue weighted by Crippen LogP contribution is 2.23. The van der Waals surface area contributed by atoms with Gasteiger partial charge in [-0.05, 0) is 23.6 Å². The van der Waals surface area contributed by atoms with E-state index in [0.29, 0.717) is 0 Å². The molecule has 0 aliphatic rings. The Bertz CT molecular complexity index is 617. The molecule has 0 saturated carbocycles. The van der Waals surface area contributed by atoms with E-state index in [4.69, 9.17) is 0 Å². The summed E-state index contributed by atoms with van der Waals surface area (Å²) >= 11 is 0. The lowest BCUT2D eigenvalue weighted by atomic mass is 9.98. The summed E-state index contributed by atoms with van der Waals surface area (Å²) in [7, 11) is 2.25. The van der Waals surface area contributed by atoms with E-state index in [9.17, 15) is 0 Å². The molecule has 0 spiro atoms. The van der Waals surface area contributed by atoms with Crippen molar-refractivity contribution in [1.29, 1.82) is 0 Å². The molecule has 20 heavy (non-hydrogen) atoms. The maximum absolute atomic E-state index is 3.61. The molecule has 0 fully saturated rings. The number of benzene rings is 2. The summed E-state index contributed by atoms with van der Waals surface area (Å²) in [5.41, 5.74) is 7.21. The van der Waals surface area contributed by atoms with E-state index in [1.807, 2.05) is 5.70 Å². The predicted octanol–water partition coefficient (Wildman–Crippen LogP) is 4.10. The van der Waals surface area contributed by atoms with E-state index in [0.717, 1.165) is 0 Å². The van der Waals surface area contributed by atoms with E-state index in [-0.39, 0.29) is 0 Å². The molecule has 2 rings (SSSR count). The first kappa shape index (κ1) is 15.0. The minimum Gasteiger partial charge on any atom is -0.0937 e. The van der Waals surface area contributed by atoms with Crippen LogP contribution in [0.1, 0.15) is 16.7 Å². The second kappa shape index (κ2) is 5.94. The Balaban J connectivity index is 2.57. The van der Waals surface area contributed by atoms with Gasteiger partial charge in [-0.25, -0.2) is 0 Å². The highest BCUT2D eigenvalue weighted by molar-refractivity contribution is 6.89. The molecule has 0 amide bonds. The van der Waals surface area contributed by atoms with Crippen molar-refractivity contribution in [2.24, 2.45) is 0 Å². The average Bonchev–Trinajstić information content (AvgIpc) is 2.41. The van der Waals surface area contributed by atoms with Crippen LogP contribution in [0.15, 0.2) is 54.2 Å². The third-order valence-electron chi connectivity index (χ3n) is 3.53. The van der Waals surface area contributed by atoms with Gasteiger partial charge in [0.05, 0.1) is 18.3 Å². The van der Waals surface area contributed by atoms with Crippen LogP contribution in [0.2, 0.25) is 19.6 Å². The van der Waals surface area contributed by atoms with Crippen LogP contribution in [-0.2, 0) is 0 Å². The summed E-state index contributed by atoms with van der Waals surface area (Å²) in [6.07, 6.45) is 0. The molecule has 0 bridgehead atoms. The number of hydrogen-bond donors (Lipinski definition) is 0. The third-order valence-corrected chi connectivity index (χ3v) is 5.87. The first-order chi connectivity index (χ1) is 9.43. The quantitative estimate of drug-likeness (QED) is 0.748. The minimum absolute atomic E-state index is 1.26. The summed E-state index contributed by atoms with van der Waals surface area (Å²) in [4.78, 5) is 0.